The maximum atomic E-state index is 16.3. The topological polar surface area (TPSA) is 210 Å². The molecule has 0 aliphatic carbocycles. The highest BCUT2D eigenvalue weighted by Gasteiger charge is 2.46. The maximum Gasteiger partial charge on any atom is 0.413 e. The second-order valence-electron chi connectivity index (χ2n) is 19.5. The fourth-order valence-electron chi connectivity index (χ4n) is 8.22. The van der Waals surface area contributed by atoms with E-state index in [2.05, 4.69) is 25.6 Å². The van der Waals surface area contributed by atoms with E-state index in [1.165, 1.54) is 21.4 Å². The van der Waals surface area contributed by atoms with E-state index < -0.39 is 46.6 Å². The summed E-state index contributed by atoms with van der Waals surface area (Å²) < 4.78 is 86.1. The standard InChI is InChI=1S/C53H59N9O9S2/c1-52(2,3)60-33-43(34-60)72(64,65)46-23-22-44(38-24-26-54-45(28-38)39-25-27-55-47(29-39)56-51(63)71-53(4,5)6)48(50-57-59-62(58-50)32-37-14-20-42(70-9)21-15-37)49(46)73(66,67)61(30-35-10-16-40(68-7)17-11-35)31-36-12-18-41(69-8)19-13-36/h10-29,43H,30-34H2,1-9H3,(H,55,56,63). The van der Waals surface area contributed by atoms with E-state index in [1.807, 2.05) is 37.8 Å². The largest absolute Gasteiger partial charge is 0.497 e. The fraction of sp³-hybridized carbons (Fsp3) is 0.321. The van der Waals surface area contributed by atoms with Crippen LogP contribution >= 0.6 is 0 Å². The Morgan fingerprint density at radius 3 is 1.79 bits per heavy atom. The smallest absolute Gasteiger partial charge is 0.413 e. The van der Waals surface area contributed by atoms with Crippen LogP contribution in [0.3, 0.4) is 0 Å². The van der Waals surface area contributed by atoms with Gasteiger partial charge in [0, 0.05) is 49.7 Å². The number of tetrazole rings is 1. The van der Waals surface area contributed by atoms with Gasteiger partial charge in [-0.3, -0.25) is 15.2 Å². The number of amides is 1. The summed E-state index contributed by atoms with van der Waals surface area (Å²) in [7, 11) is -4.64. The number of hydrogen-bond acceptors (Lipinski definition) is 15. The molecule has 382 valence electrons. The first-order valence-corrected chi connectivity index (χ1v) is 26.4. The lowest BCUT2D eigenvalue weighted by Gasteiger charge is -2.47. The van der Waals surface area contributed by atoms with E-state index in [1.54, 1.807) is 139 Å². The summed E-state index contributed by atoms with van der Waals surface area (Å²) in [4.78, 5) is 24.2. The number of ether oxygens (including phenoxy) is 4. The molecule has 1 fully saturated rings. The van der Waals surface area contributed by atoms with Crippen LogP contribution in [0, 0.1) is 0 Å². The number of rotatable bonds is 17. The first-order valence-electron chi connectivity index (χ1n) is 23.4. The molecule has 20 heteroatoms. The van der Waals surface area contributed by atoms with Gasteiger partial charge >= 0.3 is 6.09 Å². The van der Waals surface area contributed by atoms with Crippen LogP contribution in [0.4, 0.5) is 10.6 Å². The van der Waals surface area contributed by atoms with Gasteiger partial charge < -0.3 is 18.9 Å². The van der Waals surface area contributed by atoms with Crippen molar-refractivity contribution in [3.8, 4) is 51.0 Å². The van der Waals surface area contributed by atoms with E-state index in [0.29, 0.717) is 45.2 Å². The average molecular weight is 1030 g/mol. The van der Waals surface area contributed by atoms with E-state index in [-0.39, 0.29) is 61.0 Å². The number of nitrogens with zero attached hydrogens (tertiary/aromatic N) is 8. The van der Waals surface area contributed by atoms with E-state index >= 15 is 16.8 Å². The van der Waals surface area contributed by atoms with Crippen LogP contribution < -0.4 is 19.5 Å². The molecule has 18 nitrogen and oxygen atoms in total. The minimum Gasteiger partial charge on any atom is -0.497 e. The number of pyridine rings is 2. The highest BCUT2D eigenvalue weighted by molar-refractivity contribution is 7.94. The van der Waals surface area contributed by atoms with Crippen LogP contribution in [0.1, 0.15) is 58.2 Å². The van der Waals surface area contributed by atoms with Gasteiger partial charge in [0.2, 0.25) is 15.8 Å². The van der Waals surface area contributed by atoms with Gasteiger partial charge in [-0.25, -0.2) is 26.6 Å². The third kappa shape index (κ3) is 12.0. The number of sulfonamides is 1. The molecule has 3 aromatic heterocycles. The van der Waals surface area contributed by atoms with Gasteiger partial charge in [-0.15, -0.1) is 10.2 Å². The molecule has 1 amide bonds. The second kappa shape index (κ2) is 21.1. The van der Waals surface area contributed by atoms with Gasteiger partial charge in [-0.1, -0.05) is 42.5 Å². The number of nitrogens with one attached hydrogen (secondary N) is 1. The van der Waals surface area contributed by atoms with Crippen LogP contribution in [0.25, 0.3) is 33.8 Å². The number of benzene rings is 4. The molecule has 0 atom stereocenters. The number of anilines is 1. The number of carbonyl (C=O) groups is 1. The van der Waals surface area contributed by atoms with E-state index in [9.17, 15) is 4.79 Å². The molecular weight excluding hydrogens is 971 g/mol. The molecule has 73 heavy (non-hydrogen) atoms. The highest BCUT2D eigenvalue weighted by Crippen LogP contribution is 2.44. The van der Waals surface area contributed by atoms with Crippen molar-refractivity contribution in [2.24, 2.45) is 0 Å². The maximum absolute atomic E-state index is 16.3. The van der Waals surface area contributed by atoms with Crippen LogP contribution in [0.2, 0.25) is 0 Å². The number of sulfone groups is 1. The number of carbonyl (C=O) groups excluding carboxylic acids is 1. The minimum absolute atomic E-state index is 0.0809. The lowest BCUT2D eigenvalue weighted by atomic mass is 9.98. The summed E-state index contributed by atoms with van der Waals surface area (Å²) in [6, 6.07) is 31.0. The summed E-state index contributed by atoms with van der Waals surface area (Å²) in [6.07, 6.45) is 2.37. The Balaban J connectivity index is 1.35. The molecule has 1 aliphatic heterocycles. The normalized spacial score (nSPS) is 13.6. The van der Waals surface area contributed by atoms with Gasteiger partial charge in [0.15, 0.2) is 9.84 Å². The second-order valence-corrected chi connectivity index (χ2v) is 23.6. The number of likely N-dealkylation sites (tertiary alicyclic amines) is 1. The van der Waals surface area contributed by atoms with Crippen molar-refractivity contribution in [2.45, 2.75) is 87.4 Å². The van der Waals surface area contributed by atoms with Crippen LogP contribution in [-0.2, 0) is 44.2 Å². The molecule has 4 aromatic carbocycles. The van der Waals surface area contributed by atoms with Crippen molar-refractivity contribution in [1.82, 2.24) is 39.4 Å². The zero-order chi connectivity index (χ0) is 52.3. The molecule has 0 saturated carbocycles. The lowest BCUT2D eigenvalue weighted by molar-refractivity contribution is 0.0635. The summed E-state index contributed by atoms with van der Waals surface area (Å²) in [5.74, 6) is 1.87. The molecular formula is C53H59N9O9S2. The van der Waals surface area contributed by atoms with Crippen molar-refractivity contribution in [1.29, 1.82) is 0 Å². The summed E-state index contributed by atoms with van der Waals surface area (Å²) >= 11 is 0. The van der Waals surface area contributed by atoms with E-state index in [0.717, 1.165) is 5.56 Å². The Morgan fingerprint density at radius 2 is 1.25 bits per heavy atom. The zero-order valence-electron chi connectivity index (χ0n) is 42.2. The summed E-state index contributed by atoms with van der Waals surface area (Å²) in [5.41, 5.74) is 2.56. The number of methoxy groups -OCH3 is 3. The van der Waals surface area contributed by atoms with Crippen LogP contribution in [0.5, 0.6) is 17.2 Å². The fourth-order valence-corrected chi connectivity index (χ4v) is 12.3. The van der Waals surface area contributed by atoms with Gasteiger partial charge in [-0.05, 0) is 141 Å². The first-order chi connectivity index (χ1) is 34.6. The Morgan fingerprint density at radius 1 is 0.699 bits per heavy atom. The third-order valence-corrected chi connectivity index (χ3v) is 16.3. The van der Waals surface area contributed by atoms with Crippen molar-refractivity contribution in [2.75, 3.05) is 39.7 Å². The molecule has 8 rings (SSSR count). The van der Waals surface area contributed by atoms with Gasteiger partial charge in [0.1, 0.15) is 33.6 Å². The summed E-state index contributed by atoms with van der Waals surface area (Å²) in [6.45, 7) is 11.4. The minimum atomic E-state index is -4.89. The lowest BCUT2D eigenvalue weighted by Crippen LogP contribution is -2.61. The molecule has 4 heterocycles. The zero-order valence-corrected chi connectivity index (χ0v) is 43.9. The molecule has 1 saturated heterocycles. The van der Waals surface area contributed by atoms with Gasteiger partial charge in [0.05, 0.1) is 49.3 Å². The van der Waals surface area contributed by atoms with Crippen molar-refractivity contribution < 1.29 is 40.6 Å². The Bertz CT molecular complexity index is 3260. The molecule has 0 radical (unpaired) electrons. The third-order valence-electron chi connectivity index (χ3n) is 12.2. The average Bonchev–Trinajstić information content (AvgIpc) is 3.80. The predicted octanol–water partition coefficient (Wildman–Crippen LogP) is 8.53. The van der Waals surface area contributed by atoms with Gasteiger partial charge in [0.25, 0.3) is 0 Å². The molecule has 1 aliphatic rings. The monoisotopic (exact) mass is 1030 g/mol. The molecule has 0 bridgehead atoms. The molecule has 7 aromatic rings. The summed E-state index contributed by atoms with van der Waals surface area (Å²) in [5, 5.41) is 15.4. The Kier molecular flexibility index (Phi) is 15.0. The van der Waals surface area contributed by atoms with E-state index in [4.69, 9.17) is 24.0 Å². The van der Waals surface area contributed by atoms with Crippen LogP contribution in [-0.4, -0.2) is 113 Å². The van der Waals surface area contributed by atoms with Gasteiger partial charge in [-0.2, -0.15) is 9.10 Å². The predicted molar refractivity (Wildman–Crippen MR) is 276 cm³/mol. The van der Waals surface area contributed by atoms with Crippen molar-refractivity contribution in [3.05, 3.63) is 138 Å². The Hall–Kier alpha value is -7.26. The van der Waals surface area contributed by atoms with Crippen LogP contribution in [0.15, 0.2) is 131 Å². The number of hydrogen-bond donors (Lipinski definition) is 1. The molecule has 0 unspecified atom stereocenters. The SMILES string of the molecule is COc1ccc(CN(Cc2ccc(OC)cc2)S(=O)(=O)c2c(S(=O)(=O)C3CN(C(C)(C)C)C3)ccc(-c3ccnc(-c4ccnc(NC(=O)OC(C)(C)C)c4)c3)c2-c2nnn(Cc3ccc(OC)cc3)n2)cc1. The number of aromatic nitrogens is 6. The highest BCUT2D eigenvalue weighted by atomic mass is 32.2. The van der Waals surface area contributed by atoms with Crippen molar-refractivity contribution in [3.63, 3.8) is 0 Å². The Labute approximate surface area is 426 Å². The van der Waals surface area contributed by atoms with Crippen molar-refractivity contribution >= 4 is 31.8 Å². The molecule has 0 spiro atoms. The quantitative estimate of drug-likeness (QED) is 0.0906. The first kappa shape index (κ1) is 52.1. The molecule has 1 N–H and O–H groups in total.